The third kappa shape index (κ3) is 5.14. The van der Waals surface area contributed by atoms with Crippen molar-refractivity contribution in [3.8, 4) is 0 Å². The van der Waals surface area contributed by atoms with Gasteiger partial charge in [0.05, 0.1) is 0 Å². The molecule has 0 saturated heterocycles. The van der Waals surface area contributed by atoms with Gasteiger partial charge >= 0.3 is 0 Å². The molecule has 0 aromatic carbocycles. The standard InChI is InChI=1S/C11H16ClN3O3S/c1-8(2)15-10(16)5-7-14-19(17,18)9-4-3-6-13-11(9)12/h3-4,6,8,14H,5,7H2,1-2H3,(H,15,16). The fourth-order valence-electron chi connectivity index (χ4n) is 1.34. The van der Waals surface area contributed by atoms with Gasteiger partial charge < -0.3 is 5.32 Å². The number of nitrogens with one attached hydrogen (secondary N) is 2. The van der Waals surface area contributed by atoms with Crippen molar-refractivity contribution in [3.63, 3.8) is 0 Å². The predicted octanol–water partition coefficient (Wildman–Crippen LogP) is 0.928. The second-order valence-electron chi connectivity index (χ2n) is 4.16. The summed E-state index contributed by atoms with van der Waals surface area (Å²) in [6.45, 7) is 3.67. The van der Waals surface area contributed by atoms with Gasteiger partial charge in [0.2, 0.25) is 15.9 Å². The molecule has 1 rings (SSSR count). The van der Waals surface area contributed by atoms with E-state index in [1.807, 2.05) is 13.8 Å². The number of aromatic nitrogens is 1. The maximum Gasteiger partial charge on any atom is 0.243 e. The Morgan fingerprint density at radius 3 is 2.74 bits per heavy atom. The molecular weight excluding hydrogens is 290 g/mol. The van der Waals surface area contributed by atoms with Crippen LogP contribution in [0.5, 0.6) is 0 Å². The Bertz CT molecular complexity index is 546. The molecular formula is C11H16ClN3O3S. The normalized spacial score (nSPS) is 11.6. The van der Waals surface area contributed by atoms with Gasteiger partial charge in [-0.2, -0.15) is 0 Å². The molecule has 0 bridgehead atoms. The van der Waals surface area contributed by atoms with Crippen LogP contribution in [0.15, 0.2) is 23.2 Å². The number of halogens is 1. The van der Waals surface area contributed by atoms with Crippen LogP contribution >= 0.6 is 11.6 Å². The summed E-state index contributed by atoms with van der Waals surface area (Å²) in [5.74, 6) is -0.213. The van der Waals surface area contributed by atoms with Crippen LogP contribution in [0.2, 0.25) is 5.15 Å². The van der Waals surface area contributed by atoms with E-state index in [2.05, 4.69) is 15.0 Å². The molecule has 0 unspecified atom stereocenters. The minimum atomic E-state index is -3.74. The first-order chi connectivity index (χ1) is 8.83. The zero-order chi connectivity index (χ0) is 14.5. The molecule has 1 aromatic heterocycles. The van der Waals surface area contributed by atoms with E-state index < -0.39 is 10.0 Å². The van der Waals surface area contributed by atoms with Gasteiger partial charge in [0.1, 0.15) is 10.0 Å². The third-order valence-electron chi connectivity index (χ3n) is 2.11. The van der Waals surface area contributed by atoms with Gasteiger partial charge in [-0.05, 0) is 26.0 Å². The Kier molecular flexibility index (Phi) is 5.71. The summed E-state index contributed by atoms with van der Waals surface area (Å²) >= 11 is 5.71. The zero-order valence-corrected chi connectivity index (χ0v) is 12.3. The molecule has 2 N–H and O–H groups in total. The molecule has 6 nitrogen and oxygen atoms in total. The third-order valence-corrected chi connectivity index (χ3v) is 4.01. The lowest BCUT2D eigenvalue weighted by molar-refractivity contribution is -0.121. The topological polar surface area (TPSA) is 88.2 Å². The highest BCUT2D eigenvalue weighted by Gasteiger charge is 2.18. The monoisotopic (exact) mass is 305 g/mol. The van der Waals surface area contributed by atoms with E-state index in [0.717, 1.165) is 0 Å². The quantitative estimate of drug-likeness (QED) is 0.765. The molecule has 0 aliphatic heterocycles. The summed E-state index contributed by atoms with van der Waals surface area (Å²) in [6.07, 6.45) is 1.47. The van der Waals surface area contributed by atoms with Crippen molar-refractivity contribution < 1.29 is 13.2 Å². The highest BCUT2D eigenvalue weighted by molar-refractivity contribution is 7.89. The number of hydrogen-bond acceptors (Lipinski definition) is 4. The molecule has 0 saturated carbocycles. The number of hydrogen-bond donors (Lipinski definition) is 2. The summed E-state index contributed by atoms with van der Waals surface area (Å²) in [6, 6.07) is 2.86. The molecule has 1 amide bonds. The van der Waals surface area contributed by atoms with E-state index in [1.54, 1.807) is 0 Å². The van der Waals surface area contributed by atoms with E-state index in [0.29, 0.717) is 0 Å². The fraction of sp³-hybridized carbons (Fsp3) is 0.455. The average Bonchev–Trinajstić information content (AvgIpc) is 2.27. The van der Waals surface area contributed by atoms with Crippen molar-refractivity contribution in [1.82, 2.24) is 15.0 Å². The van der Waals surface area contributed by atoms with Gasteiger partial charge in [0.25, 0.3) is 0 Å². The average molecular weight is 306 g/mol. The van der Waals surface area contributed by atoms with Crippen LogP contribution in [-0.2, 0) is 14.8 Å². The van der Waals surface area contributed by atoms with Gasteiger partial charge in [-0.1, -0.05) is 11.6 Å². The Morgan fingerprint density at radius 1 is 1.47 bits per heavy atom. The van der Waals surface area contributed by atoms with Crippen molar-refractivity contribution in [2.45, 2.75) is 31.2 Å². The van der Waals surface area contributed by atoms with Gasteiger partial charge in [-0.15, -0.1) is 0 Å². The van der Waals surface area contributed by atoms with E-state index in [9.17, 15) is 13.2 Å². The van der Waals surface area contributed by atoms with Crippen LogP contribution in [0, 0.1) is 0 Å². The van der Waals surface area contributed by atoms with Crippen molar-refractivity contribution >= 4 is 27.5 Å². The molecule has 106 valence electrons. The Labute approximate surface area is 117 Å². The molecule has 0 spiro atoms. The van der Waals surface area contributed by atoms with E-state index in [-0.39, 0.29) is 35.0 Å². The second-order valence-corrected chi connectivity index (χ2v) is 6.26. The number of carbonyl (C=O) groups is 1. The van der Waals surface area contributed by atoms with E-state index in [1.165, 1.54) is 18.3 Å². The lowest BCUT2D eigenvalue weighted by Gasteiger charge is -2.09. The van der Waals surface area contributed by atoms with Crippen molar-refractivity contribution in [3.05, 3.63) is 23.5 Å². The van der Waals surface area contributed by atoms with E-state index in [4.69, 9.17) is 11.6 Å². The minimum absolute atomic E-state index is 0.00606. The number of pyridine rings is 1. The van der Waals surface area contributed by atoms with Gasteiger partial charge in [0.15, 0.2) is 0 Å². The van der Waals surface area contributed by atoms with Gasteiger partial charge in [0, 0.05) is 25.2 Å². The Morgan fingerprint density at radius 2 is 2.16 bits per heavy atom. The molecule has 8 heteroatoms. The van der Waals surface area contributed by atoms with Crippen molar-refractivity contribution in [2.24, 2.45) is 0 Å². The second kappa shape index (κ2) is 6.83. The van der Waals surface area contributed by atoms with Gasteiger partial charge in [-0.25, -0.2) is 18.1 Å². The summed E-state index contributed by atoms with van der Waals surface area (Å²) < 4.78 is 26.1. The summed E-state index contributed by atoms with van der Waals surface area (Å²) in [7, 11) is -3.74. The van der Waals surface area contributed by atoms with Crippen LogP contribution in [0.1, 0.15) is 20.3 Å². The lowest BCUT2D eigenvalue weighted by atomic mass is 10.3. The molecule has 1 heterocycles. The van der Waals surface area contributed by atoms with Crippen LogP contribution < -0.4 is 10.0 Å². The fourth-order valence-corrected chi connectivity index (χ4v) is 2.83. The first-order valence-corrected chi connectivity index (χ1v) is 7.58. The highest BCUT2D eigenvalue weighted by atomic mass is 35.5. The Hall–Kier alpha value is -1.18. The summed E-state index contributed by atoms with van der Waals surface area (Å²) in [5, 5.41) is 2.57. The smallest absolute Gasteiger partial charge is 0.243 e. The number of rotatable bonds is 6. The van der Waals surface area contributed by atoms with Crippen molar-refractivity contribution in [1.29, 1.82) is 0 Å². The number of amides is 1. The Balaban J connectivity index is 2.58. The maximum absolute atomic E-state index is 11.9. The summed E-state index contributed by atoms with van der Waals surface area (Å²) in [4.78, 5) is 15.0. The van der Waals surface area contributed by atoms with Crippen LogP contribution in [0.25, 0.3) is 0 Å². The number of sulfonamides is 1. The van der Waals surface area contributed by atoms with Gasteiger partial charge in [-0.3, -0.25) is 4.79 Å². The molecule has 0 aliphatic carbocycles. The number of carbonyl (C=O) groups excluding carboxylic acids is 1. The molecule has 0 atom stereocenters. The first kappa shape index (κ1) is 15.9. The SMILES string of the molecule is CC(C)NC(=O)CCNS(=O)(=O)c1cccnc1Cl. The lowest BCUT2D eigenvalue weighted by Crippen LogP contribution is -2.34. The molecule has 1 aromatic rings. The molecule has 0 aliphatic rings. The summed E-state index contributed by atoms with van der Waals surface area (Å²) in [5.41, 5.74) is 0. The molecule has 0 fully saturated rings. The highest BCUT2D eigenvalue weighted by Crippen LogP contribution is 2.17. The number of nitrogens with zero attached hydrogens (tertiary/aromatic N) is 1. The minimum Gasteiger partial charge on any atom is -0.354 e. The van der Waals surface area contributed by atoms with Crippen LogP contribution in [0.4, 0.5) is 0 Å². The van der Waals surface area contributed by atoms with Crippen LogP contribution in [0.3, 0.4) is 0 Å². The predicted molar refractivity (Wildman–Crippen MR) is 72.3 cm³/mol. The maximum atomic E-state index is 11.9. The van der Waals surface area contributed by atoms with E-state index >= 15 is 0 Å². The van der Waals surface area contributed by atoms with Crippen LogP contribution in [-0.4, -0.2) is 31.9 Å². The molecule has 19 heavy (non-hydrogen) atoms. The zero-order valence-electron chi connectivity index (χ0n) is 10.7. The first-order valence-electron chi connectivity index (χ1n) is 5.72. The van der Waals surface area contributed by atoms with Crippen molar-refractivity contribution in [2.75, 3.05) is 6.54 Å². The largest absolute Gasteiger partial charge is 0.354 e. The molecule has 0 radical (unpaired) electrons.